The summed E-state index contributed by atoms with van der Waals surface area (Å²) in [5, 5.41) is 2.52. The van der Waals surface area contributed by atoms with Gasteiger partial charge in [0.2, 0.25) is 0 Å². The number of rotatable bonds is 10. The van der Waals surface area contributed by atoms with Crippen LogP contribution in [0, 0.1) is 0 Å². The van der Waals surface area contributed by atoms with E-state index in [1.807, 2.05) is 0 Å². The highest BCUT2D eigenvalue weighted by Gasteiger charge is 2.26. The van der Waals surface area contributed by atoms with Crippen molar-refractivity contribution in [2.45, 2.75) is 51.1 Å². The summed E-state index contributed by atoms with van der Waals surface area (Å²) in [6.07, 6.45) is 2.66. The van der Waals surface area contributed by atoms with Crippen LogP contribution in [0.15, 0.2) is 36.4 Å². The normalized spacial score (nSPS) is 23.8. The summed E-state index contributed by atoms with van der Waals surface area (Å²) in [6, 6.07) is 13.0. The van der Waals surface area contributed by atoms with Gasteiger partial charge in [0, 0.05) is 0 Å². The molecule has 4 rings (SSSR count). The van der Waals surface area contributed by atoms with Crippen LogP contribution in [0.2, 0.25) is 0 Å². The number of fused-ring (bicyclic) bond motifs is 1. The summed E-state index contributed by atoms with van der Waals surface area (Å²) in [7, 11) is 0. The third-order valence-electron chi connectivity index (χ3n) is 5.20. The molecule has 26 heavy (non-hydrogen) atoms. The first-order valence-corrected chi connectivity index (χ1v) is 9.78. The fourth-order valence-corrected chi connectivity index (χ4v) is 3.55. The van der Waals surface area contributed by atoms with E-state index in [9.17, 15) is 0 Å². The number of benzene rings is 2. The zero-order valence-electron chi connectivity index (χ0n) is 15.6. The van der Waals surface area contributed by atoms with E-state index in [-0.39, 0.29) is 24.4 Å². The van der Waals surface area contributed by atoms with Crippen LogP contribution in [0.5, 0.6) is 0 Å². The summed E-state index contributed by atoms with van der Waals surface area (Å²) in [6.45, 7) is 7.36. The van der Waals surface area contributed by atoms with Crippen molar-refractivity contribution in [3.8, 4) is 0 Å². The second kappa shape index (κ2) is 8.05. The second-order valence-electron chi connectivity index (χ2n) is 7.16. The van der Waals surface area contributed by atoms with Gasteiger partial charge in [0.05, 0.1) is 38.6 Å². The van der Waals surface area contributed by atoms with E-state index in [2.05, 4.69) is 50.2 Å². The highest BCUT2D eigenvalue weighted by atomic mass is 16.6. The van der Waals surface area contributed by atoms with E-state index in [0.717, 1.165) is 26.1 Å². The Kier molecular flexibility index (Phi) is 5.55. The highest BCUT2D eigenvalue weighted by Crippen LogP contribution is 2.35. The van der Waals surface area contributed by atoms with E-state index in [1.165, 1.54) is 21.9 Å². The Morgan fingerprint density at radius 1 is 0.808 bits per heavy atom. The molecular weight excluding hydrogens is 328 g/mol. The molecule has 0 saturated carbocycles. The van der Waals surface area contributed by atoms with Crippen molar-refractivity contribution in [1.82, 2.24) is 0 Å². The third kappa shape index (κ3) is 4.09. The van der Waals surface area contributed by atoms with Crippen LogP contribution in [0.25, 0.3) is 10.8 Å². The van der Waals surface area contributed by atoms with Gasteiger partial charge in [-0.05, 0) is 34.7 Å². The first-order valence-electron chi connectivity index (χ1n) is 9.78. The molecule has 2 fully saturated rings. The maximum absolute atomic E-state index is 6.15. The Hall–Kier alpha value is -1.46. The lowest BCUT2D eigenvalue weighted by molar-refractivity contribution is 0.0395. The maximum atomic E-state index is 6.15. The molecule has 0 amide bonds. The molecule has 140 valence electrons. The average molecular weight is 356 g/mol. The van der Waals surface area contributed by atoms with Crippen molar-refractivity contribution in [1.29, 1.82) is 0 Å². The predicted octanol–water partition coefficient (Wildman–Crippen LogP) is 4.57. The predicted molar refractivity (Wildman–Crippen MR) is 101 cm³/mol. The summed E-state index contributed by atoms with van der Waals surface area (Å²) >= 11 is 0. The molecule has 2 aliphatic heterocycles. The fourth-order valence-electron chi connectivity index (χ4n) is 3.55. The van der Waals surface area contributed by atoms with E-state index < -0.39 is 0 Å². The summed E-state index contributed by atoms with van der Waals surface area (Å²) in [5.41, 5.74) is 2.51. The van der Waals surface area contributed by atoms with E-state index in [0.29, 0.717) is 13.2 Å². The molecule has 0 bridgehead atoms. The van der Waals surface area contributed by atoms with Crippen molar-refractivity contribution >= 4 is 10.8 Å². The zero-order chi connectivity index (χ0) is 17.9. The zero-order valence-corrected chi connectivity index (χ0v) is 15.6. The van der Waals surface area contributed by atoms with Gasteiger partial charge < -0.3 is 18.9 Å². The first-order chi connectivity index (χ1) is 12.8. The van der Waals surface area contributed by atoms with Crippen LogP contribution >= 0.6 is 0 Å². The lowest BCUT2D eigenvalue weighted by atomic mass is 9.93. The highest BCUT2D eigenvalue weighted by molar-refractivity contribution is 5.89. The van der Waals surface area contributed by atoms with Crippen LogP contribution < -0.4 is 0 Å². The molecule has 4 atom stereocenters. The van der Waals surface area contributed by atoms with Crippen molar-refractivity contribution < 1.29 is 18.9 Å². The molecule has 0 aliphatic carbocycles. The van der Waals surface area contributed by atoms with Crippen LogP contribution in [0.1, 0.15) is 50.0 Å². The Morgan fingerprint density at radius 2 is 1.23 bits per heavy atom. The van der Waals surface area contributed by atoms with Gasteiger partial charge in [-0.15, -0.1) is 0 Å². The molecule has 0 radical (unpaired) electrons. The molecule has 2 aromatic carbocycles. The molecule has 2 aromatic rings. The average Bonchev–Trinajstić information content (AvgIpc) is 3.57. The molecule has 2 heterocycles. The van der Waals surface area contributed by atoms with Crippen LogP contribution in [0.4, 0.5) is 0 Å². The number of ether oxygens (including phenoxy) is 4. The van der Waals surface area contributed by atoms with Crippen molar-refractivity contribution in [2.75, 3.05) is 26.4 Å². The molecule has 4 nitrogen and oxygen atoms in total. The number of hydrogen-bond donors (Lipinski definition) is 0. The Labute approximate surface area is 155 Å². The van der Waals surface area contributed by atoms with E-state index in [1.54, 1.807) is 0 Å². The number of hydrogen-bond acceptors (Lipinski definition) is 4. The van der Waals surface area contributed by atoms with Crippen LogP contribution in [0.3, 0.4) is 0 Å². The van der Waals surface area contributed by atoms with Crippen molar-refractivity contribution in [3.63, 3.8) is 0 Å². The smallest absolute Gasteiger partial charge is 0.104 e. The minimum Gasteiger partial charge on any atom is -0.371 e. The molecule has 2 aliphatic rings. The van der Waals surface area contributed by atoms with Crippen molar-refractivity contribution in [3.05, 3.63) is 47.5 Å². The molecule has 0 N–H and O–H groups in total. The summed E-state index contributed by atoms with van der Waals surface area (Å²) in [5.74, 6) is 0. The molecule has 4 heteroatoms. The van der Waals surface area contributed by atoms with E-state index >= 15 is 0 Å². The third-order valence-corrected chi connectivity index (χ3v) is 5.20. The van der Waals surface area contributed by atoms with Gasteiger partial charge in [-0.25, -0.2) is 0 Å². The van der Waals surface area contributed by atoms with Gasteiger partial charge in [-0.2, -0.15) is 0 Å². The van der Waals surface area contributed by atoms with Gasteiger partial charge in [-0.1, -0.05) is 50.2 Å². The maximum Gasteiger partial charge on any atom is 0.104 e. The summed E-state index contributed by atoms with van der Waals surface area (Å²) in [4.78, 5) is 0. The lowest BCUT2D eigenvalue weighted by Gasteiger charge is -2.22. The molecular formula is C22H28O4. The Morgan fingerprint density at radius 3 is 1.58 bits per heavy atom. The van der Waals surface area contributed by atoms with Gasteiger partial charge in [0.25, 0.3) is 0 Å². The lowest BCUT2D eigenvalue weighted by Crippen LogP contribution is -2.10. The second-order valence-corrected chi connectivity index (χ2v) is 7.16. The van der Waals surface area contributed by atoms with Crippen LogP contribution in [-0.2, 0) is 18.9 Å². The monoisotopic (exact) mass is 356 g/mol. The van der Waals surface area contributed by atoms with Crippen molar-refractivity contribution in [2.24, 2.45) is 0 Å². The number of epoxide rings is 2. The molecule has 0 spiro atoms. The SMILES string of the molecule is CCC(OCC1CO1)c1cccc2c(C(CC)OCC3CO3)cccc12. The van der Waals surface area contributed by atoms with Crippen LogP contribution in [-0.4, -0.2) is 38.6 Å². The van der Waals surface area contributed by atoms with Gasteiger partial charge in [-0.3, -0.25) is 0 Å². The Bertz CT molecular complexity index is 673. The quantitative estimate of drug-likeness (QED) is 0.585. The van der Waals surface area contributed by atoms with Gasteiger partial charge in [0.15, 0.2) is 0 Å². The first kappa shape index (κ1) is 17.9. The largest absolute Gasteiger partial charge is 0.371 e. The standard InChI is InChI=1S/C22H28O4/c1-3-21(25-13-15-11-23-15)19-9-5-8-18-17(19)7-6-10-20(18)22(4-2)26-14-16-12-24-16/h5-10,15-16,21-22H,3-4,11-14H2,1-2H3. The molecule has 0 aromatic heterocycles. The van der Waals surface area contributed by atoms with Gasteiger partial charge in [0.1, 0.15) is 12.2 Å². The van der Waals surface area contributed by atoms with E-state index in [4.69, 9.17) is 18.9 Å². The molecule has 2 saturated heterocycles. The van der Waals surface area contributed by atoms with Gasteiger partial charge >= 0.3 is 0 Å². The molecule has 4 unspecified atom stereocenters. The topological polar surface area (TPSA) is 43.5 Å². The minimum atomic E-state index is 0.0963. The fraction of sp³-hybridized carbons (Fsp3) is 0.545. The Balaban J connectivity index is 1.62. The summed E-state index contributed by atoms with van der Waals surface area (Å²) < 4.78 is 22.9. The minimum absolute atomic E-state index is 0.0963.